The maximum absolute atomic E-state index is 14.7. The number of rotatable bonds is 14. The Bertz CT molecular complexity index is 1340. The van der Waals surface area contributed by atoms with Gasteiger partial charge in [0.1, 0.15) is 12.7 Å². The Morgan fingerprint density at radius 2 is 1.67 bits per heavy atom. The van der Waals surface area contributed by atoms with Gasteiger partial charge in [0.25, 0.3) is 0 Å². The number of benzene rings is 3. The molecule has 0 radical (unpaired) electrons. The van der Waals surface area contributed by atoms with Gasteiger partial charge in [-0.05, 0) is 93.3 Å². The smallest absolute Gasteiger partial charge is 0.338 e. The van der Waals surface area contributed by atoms with Crippen molar-refractivity contribution >= 4 is 11.9 Å². The molecule has 0 spiro atoms. The molecular formula is C34H39F2NO5. The quantitative estimate of drug-likeness (QED) is 0.228. The first kappa shape index (κ1) is 31.2. The van der Waals surface area contributed by atoms with E-state index < -0.39 is 29.7 Å². The van der Waals surface area contributed by atoms with Crippen molar-refractivity contribution < 1.29 is 32.6 Å². The molecular weight excluding hydrogens is 540 g/mol. The Morgan fingerprint density at radius 3 is 2.33 bits per heavy atom. The fourth-order valence-electron chi connectivity index (χ4n) is 5.44. The van der Waals surface area contributed by atoms with Crippen molar-refractivity contribution in [3.05, 3.63) is 101 Å². The van der Waals surface area contributed by atoms with Gasteiger partial charge in [0.15, 0.2) is 11.6 Å². The van der Waals surface area contributed by atoms with Crippen LogP contribution in [0.1, 0.15) is 60.7 Å². The zero-order valence-electron chi connectivity index (χ0n) is 24.5. The second kappa shape index (κ2) is 14.4. The molecule has 0 amide bonds. The first-order chi connectivity index (χ1) is 20.1. The molecule has 3 aromatic rings. The van der Waals surface area contributed by atoms with Gasteiger partial charge in [-0.25, -0.2) is 9.18 Å². The van der Waals surface area contributed by atoms with Crippen molar-refractivity contribution in [3.8, 4) is 5.75 Å². The van der Waals surface area contributed by atoms with Crippen molar-refractivity contribution in [1.82, 2.24) is 5.32 Å². The van der Waals surface area contributed by atoms with Crippen LogP contribution in [0.15, 0.2) is 66.7 Å². The minimum absolute atomic E-state index is 0.0285. The summed E-state index contributed by atoms with van der Waals surface area (Å²) in [6, 6.07) is 19.5. The third-order valence-corrected chi connectivity index (χ3v) is 7.43. The summed E-state index contributed by atoms with van der Waals surface area (Å²) >= 11 is 0. The van der Waals surface area contributed by atoms with Crippen LogP contribution in [-0.2, 0) is 33.5 Å². The van der Waals surface area contributed by atoms with Crippen molar-refractivity contribution in [3.63, 3.8) is 0 Å². The number of halogens is 2. The number of aryl methyl sites for hydroxylation is 1. The number of hydrogen-bond acceptors (Lipinski definition) is 6. The monoisotopic (exact) mass is 579 g/mol. The summed E-state index contributed by atoms with van der Waals surface area (Å²) < 4.78 is 45.5. The molecule has 4 rings (SSSR count). The van der Waals surface area contributed by atoms with Gasteiger partial charge in [0, 0.05) is 18.5 Å². The van der Waals surface area contributed by atoms with Crippen LogP contribution in [0.5, 0.6) is 5.75 Å². The second-order valence-corrected chi connectivity index (χ2v) is 11.4. The van der Waals surface area contributed by atoms with Gasteiger partial charge in [-0.2, -0.15) is 4.39 Å². The van der Waals surface area contributed by atoms with Gasteiger partial charge in [-0.3, -0.25) is 4.79 Å². The van der Waals surface area contributed by atoms with Gasteiger partial charge in [-0.1, -0.05) is 42.5 Å². The topological polar surface area (TPSA) is 73.9 Å². The standard InChI is InChI=1S/C34H39F2NO5/c1-4-40-31(38)15-14-23-18-29(35)32(36)30(19-23)41-22-28(42-33(39)25-10-6-5-7-11-25)21-37-34(2,3)20-24-16-26-12-8-9-13-27(26)17-24/h5-13,18-19,24,28,37H,4,14-17,20-22H2,1-3H3/t28-/m1/s1. The first-order valence-electron chi connectivity index (χ1n) is 14.5. The lowest BCUT2D eigenvalue weighted by molar-refractivity contribution is -0.143. The number of nitrogens with one attached hydrogen (secondary N) is 1. The Hall–Kier alpha value is -3.78. The molecule has 0 bridgehead atoms. The third-order valence-electron chi connectivity index (χ3n) is 7.43. The summed E-state index contributed by atoms with van der Waals surface area (Å²) in [5.41, 5.74) is 3.27. The third kappa shape index (κ3) is 8.86. The molecule has 0 saturated carbocycles. The summed E-state index contributed by atoms with van der Waals surface area (Å²) in [6.45, 7) is 6.20. The molecule has 1 aliphatic rings. The van der Waals surface area contributed by atoms with Crippen LogP contribution in [0.4, 0.5) is 8.78 Å². The molecule has 224 valence electrons. The predicted molar refractivity (Wildman–Crippen MR) is 156 cm³/mol. The first-order valence-corrected chi connectivity index (χ1v) is 14.5. The fraction of sp³-hybridized carbons (Fsp3) is 0.412. The molecule has 1 aliphatic carbocycles. The maximum atomic E-state index is 14.7. The van der Waals surface area contributed by atoms with Crippen molar-refractivity contribution in [2.75, 3.05) is 19.8 Å². The molecule has 1 N–H and O–H groups in total. The maximum Gasteiger partial charge on any atom is 0.338 e. The lowest BCUT2D eigenvalue weighted by Gasteiger charge is -2.31. The fourth-order valence-corrected chi connectivity index (χ4v) is 5.44. The summed E-state index contributed by atoms with van der Waals surface area (Å²) in [5.74, 6) is -3.01. The number of esters is 2. The van der Waals surface area contributed by atoms with Gasteiger partial charge < -0.3 is 19.5 Å². The van der Waals surface area contributed by atoms with Crippen LogP contribution in [-0.4, -0.2) is 43.3 Å². The van der Waals surface area contributed by atoms with Crippen molar-refractivity contribution in [2.45, 2.75) is 64.5 Å². The molecule has 0 aliphatic heterocycles. The summed E-state index contributed by atoms with van der Waals surface area (Å²) in [4.78, 5) is 24.6. The van der Waals surface area contributed by atoms with E-state index in [9.17, 15) is 18.4 Å². The molecule has 0 heterocycles. The number of carbonyl (C=O) groups excluding carboxylic acids is 2. The van der Waals surface area contributed by atoms with Crippen molar-refractivity contribution in [1.29, 1.82) is 0 Å². The minimum Gasteiger partial charge on any atom is -0.486 e. The predicted octanol–water partition coefficient (Wildman–Crippen LogP) is 6.24. The van der Waals surface area contributed by atoms with E-state index in [0.29, 0.717) is 17.0 Å². The van der Waals surface area contributed by atoms with Crippen LogP contribution < -0.4 is 10.1 Å². The Kier molecular flexibility index (Phi) is 10.7. The van der Waals surface area contributed by atoms with E-state index in [2.05, 4.69) is 43.4 Å². The average Bonchev–Trinajstić information content (AvgIpc) is 3.37. The normalized spacial score (nSPS) is 13.8. The highest BCUT2D eigenvalue weighted by Crippen LogP contribution is 2.32. The number of carbonyl (C=O) groups is 2. The summed E-state index contributed by atoms with van der Waals surface area (Å²) in [5, 5.41) is 3.51. The molecule has 42 heavy (non-hydrogen) atoms. The zero-order valence-corrected chi connectivity index (χ0v) is 24.5. The Labute approximate surface area is 246 Å². The van der Waals surface area contributed by atoms with E-state index in [4.69, 9.17) is 14.2 Å². The van der Waals surface area contributed by atoms with Crippen LogP contribution in [0.2, 0.25) is 0 Å². The molecule has 0 saturated heterocycles. The van der Waals surface area contributed by atoms with Gasteiger partial charge in [0.2, 0.25) is 5.82 Å². The van der Waals surface area contributed by atoms with E-state index in [1.54, 1.807) is 37.3 Å². The number of ether oxygens (including phenoxy) is 3. The SMILES string of the molecule is CCOC(=O)CCc1cc(F)c(F)c(OC[C@@H](CNC(C)(C)CC2Cc3ccccc3C2)OC(=O)c2ccccc2)c1. The Morgan fingerprint density at radius 1 is 1.00 bits per heavy atom. The molecule has 3 aromatic carbocycles. The highest BCUT2D eigenvalue weighted by atomic mass is 19.2. The highest BCUT2D eigenvalue weighted by molar-refractivity contribution is 5.89. The highest BCUT2D eigenvalue weighted by Gasteiger charge is 2.29. The van der Waals surface area contributed by atoms with Gasteiger partial charge >= 0.3 is 11.9 Å². The molecule has 8 heteroatoms. The van der Waals surface area contributed by atoms with Crippen LogP contribution >= 0.6 is 0 Å². The van der Waals surface area contributed by atoms with Crippen LogP contribution in [0.25, 0.3) is 0 Å². The van der Waals surface area contributed by atoms with E-state index in [1.807, 2.05) is 0 Å². The van der Waals surface area contributed by atoms with E-state index in [0.717, 1.165) is 25.3 Å². The van der Waals surface area contributed by atoms with Crippen LogP contribution in [0.3, 0.4) is 0 Å². The van der Waals surface area contributed by atoms with Crippen LogP contribution in [0, 0.1) is 17.6 Å². The zero-order chi connectivity index (χ0) is 30.1. The number of fused-ring (bicyclic) bond motifs is 1. The Balaban J connectivity index is 1.42. The molecule has 1 atom stereocenters. The average molecular weight is 580 g/mol. The van der Waals surface area contributed by atoms with E-state index in [-0.39, 0.29) is 43.9 Å². The second-order valence-electron chi connectivity index (χ2n) is 11.4. The summed E-state index contributed by atoms with van der Waals surface area (Å²) in [7, 11) is 0. The lowest BCUT2D eigenvalue weighted by atomic mass is 9.88. The minimum atomic E-state index is -1.14. The van der Waals surface area contributed by atoms with E-state index >= 15 is 0 Å². The van der Waals surface area contributed by atoms with Gasteiger partial charge in [0.05, 0.1) is 12.2 Å². The number of hydrogen-bond donors (Lipinski definition) is 1. The van der Waals surface area contributed by atoms with Gasteiger partial charge in [-0.15, -0.1) is 0 Å². The molecule has 0 aromatic heterocycles. The summed E-state index contributed by atoms with van der Waals surface area (Å²) in [6.07, 6.45) is 2.36. The lowest BCUT2D eigenvalue weighted by Crippen LogP contribution is -2.47. The molecule has 0 fully saturated rings. The van der Waals surface area contributed by atoms with E-state index in [1.165, 1.54) is 17.2 Å². The molecule has 6 nitrogen and oxygen atoms in total. The largest absolute Gasteiger partial charge is 0.486 e. The van der Waals surface area contributed by atoms with Crippen molar-refractivity contribution in [2.24, 2.45) is 5.92 Å². The molecule has 0 unspecified atom stereocenters.